The van der Waals surface area contributed by atoms with Gasteiger partial charge in [-0.15, -0.1) is 0 Å². The molecule has 0 fully saturated rings. The zero-order valence-electron chi connectivity index (χ0n) is 18.2. The van der Waals surface area contributed by atoms with Gasteiger partial charge in [-0.2, -0.15) is 0 Å². The van der Waals surface area contributed by atoms with E-state index in [2.05, 4.69) is 13.2 Å². The highest BCUT2D eigenvalue weighted by molar-refractivity contribution is 5.87. The minimum Gasteiger partial charge on any atom is -0.462 e. The number of carbonyl (C=O) groups excluding carboxylic acids is 2. The zero-order valence-corrected chi connectivity index (χ0v) is 18.2. The Kier molecular flexibility index (Phi) is 17.8. The van der Waals surface area contributed by atoms with Gasteiger partial charge in [0.1, 0.15) is 0 Å². The highest BCUT2D eigenvalue weighted by Crippen LogP contribution is 2.17. The summed E-state index contributed by atoms with van der Waals surface area (Å²) in [6.07, 6.45) is 7.89. The topological polar surface area (TPSA) is 93.1 Å². The lowest BCUT2D eigenvalue weighted by molar-refractivity contribution is -0.147. The van der Waals surface area contributed by atoms with Crippen LogP contribution in [0.25, 0.3) is 0 Å². The van der Waals surface area contributed by atoms with Gasteiger partial charge in [0.2, 0.25) is 0 Å². The third kappa shape index (κ3) is 19.1. The van der Waals surface area contributed by atoms with Crippen LogP contribution >= 0.6 is 0 Å². The van der Waals surface area contributed by atoms with Crippen LogP contribution < -0.4 is 0 Å². The first-order valence-electron chi connectivity index (χ1n) is 9.94. The van der Waals surface area contributed by atoms with Gasteiger partial charge in [-0.3, -0.25) is 0 Å². The van der Waals surface area contributed by atoms with E-state index in [1.807, 2.05) is 13.8 Å². The Bertz CT molecular complexity index is 428. The number of aliphatic hydroxyl groups is 2. The Morgan fingerprint density at radius 3 is 1.25 bits per heavy atom. The molecule has 0 aliphatic carbocycles. The van der Waals surface area contributed by atoms with Gasteiger partial charge in [-0.25, -0.2) is 9.59 Å². The number of unbranched alkanes of at least 4 members (excludes halogenated alkanes) is 6. The van der Waals surface area contributed by atoms with Crippen LogP contribution in [-0.4, -0.2) is 48.6 Å². The fraction of sp³-hybridized carbons (Fsp3) is 0.727. The van der Waals surface area contributed by atoms with E-state index in [4.69, 9.17) is 19.7 Å². The molecule has 0 radical (unpaired) electrons. The van der Waals surface area contributed by atoms with Crippen molar-refractivity contribution in [2.45, 2.75) is 72.6 Å². The first kappa shape index (κ1) is 28.5. The average molecular weight is 401 g/mol. The second-order valence-corrected chi connectivity index (χ2v) is 7.80. The summed E-state index contributed by atoms with van der Waals surface area (Å²) in [5.41, 5.74) is 0.260. The molecule has 0 rings (SSSR count). The van der Waals surface area contributed by atoms with Crippen molar-refractivity contribution < 1.29 is 29.3 Å². The maximum Gasteiger partial charge on any atom is 0.333 e. The van der Waals surface area contributed by atoms with E-state index in [0.29, 0.717) is 24.4 Å². The van der Waals surface area contributed by atoms with Gasteiger partial charge < -0.3 is 19.7 Å². The number of hydrogen-bond acceptors (Lipinski definition) is 6. The first-order chi connectivity index (χ1) is 13.1. The van der Waals surface area contributed by atoms with E-state index >= 15 is 0 Å². The lowest BCUT2D eigenvalue weighted by Gasteiger charge is -2.23. The monoisotopic (exact) mass is 400 g/mol. The SMILES string of the molecule is C=C(C)C(=O)OCC(C)(C)COC(=O)C(=C)C.OCCCCCCCCCO. The van der Waals surface area contributed by atoms with E-state index in [1.165, 1.54) is 19.3 Å². The van der Waals surface area contributed by atoms with Crippen molar-refractivity contribution in [3.8, 4) is 0 Å². The average Bonchev–Trinajstić information content (AvgIpc) is 2.64. The molecule has 2 N–H and O–H groups in total. The number of hydrogen-bond donors (Lipinski definition) is 2. The molecule has 0 saturated heterocycles. The van der Waals surface area contributed by atoms with Crippen LogP contribution in [0, 0.1) is 5.41 Å². The summed E-state index contributed by atoms with van der Waals surface area (Å²) in [7, 11) is 0. The van der Waals surface area contributed by atoms with Gasteiger partial charge in [0.05, 0.1) is 13.2 Å². The molecular weight excluding hydrogens is 360 g/mol. The third-order valence-corrected chi connectivity index (χ3v) is 3.70. The molecule has 6 heteroatoms. The minimum atomic E-state index is -0.440. The quantitative estimate of drug-likeness (QED) is 0.260. The molecule has 0 heterocycles. The maximum atomic E-state index is 11.2. The van der Waals surface area contributed by atoms with E-state index in [1.54, 1.807) is 13.8 Å². The van der Waals surface area contributed by atoms with Crippen LogP contribution in [0.3, 0.4) is 0 Å². The summed E-state index contributed by atoms with van der Waals surface area (Å²) < 4.78 is 10.0. The molecule has 0 aliphatic heterocycles. The molecule has 0 aromatic carbocycles. The van der Waals surface area contributed by atoms with Crippen LogP contribution in [0.15, 0.2) is 24.3 Å². The smallest absolute Gasteiger partial charge is 0.333 e. The van der Waals surface area contributed by atoms with Crippen LogP contribution in [0.2, 0.25) is 0 Å². The molecule has 0 amide bonds. The van der Waals surface area contributed by atoms with Crippen LogP contribution in [0.4, 0.5) is 0 Å². The van der Waals surface area contributed by atoms with Crippen molar-refractivity contribution in [2.24, 2.45) is 5.41 Å². The molecule has 0 aromatic heterocycles. The molecule has 0 spiro atoms. The number of rotatable bonds is 14. The third-order valence-electron chi connectivity index (χ3n) is 3.70. The predicted octanol–water partition coefficient (Wildman–Crippen LogP) is 3.95. The van der Waals surface area contributed by atoms with E-state index in [0.717, 1.165) is 25.7 Å². The first-order valence-corrected chi connectivity index (χ1v) is 9.94. The van der Waals surface area contributed by atoms with E-state index in [9.17, 15) is 9.59 Å². The van der Waals surface area contributed by atoms with Crippen molar-refractivity contribution in [1.29, 1.82) is 0 Å². The minimum absolute atomic E-state index is 0.169. The Balaban J connectivity index is 0. The normalized spacial score (nSPS) is 10.5. The van der Waals surface area contributed by atoms with Crippen molar-refractivity contribution >= 4 is 11.9 Å². The van der Waals surface area contributed by atoms with E-state index < -0.39 is 17.4 Å². The summed E-state index contributed by atoms with van der Waals surface area (Å²) in [5, 5.41) is 16.9. The number of ether oxygens (including phenoxy) is 2. The van der Waals surface area contributed by atoms with Crippen molar-refractivity contribution in [2.75, 3.05) is 26.4 Å². The zero-order chi connectivity index (χ0) is 22.0. The van der Waals surface area contributed by atoms with Gasteiger partial charge in [0, 0.05) is 29.8 Å². The van der Waals surface area contributed by atoms with Gasteiger partial charge in [0.25, 0.3) is 0 Å². The lowest BCUT2D eigenvalue weighted by Crippen LogP contribution is -2.28. The highest BCUT2D eigenvalue weighted by Gasteiger charge is 2.23. The molecule has 0 atom stereocenters. The molecule has 164 valence electrons. The summed E-state index contributed by atoms with van der Waals surface area (Å²) in [4.78, 5) is 22.4. The largest absolute Gasteiger partial charge is 0.462 e. The second-order valence-electron chi connectivity index (χ2n) is 7.80. The maximum absolute atomic E-state index is 11.2. The summed E-state index contributed by atoms with van der Waals surface area (Å²) in [6.45, 7) is 14.8. The van der Waals surface area contributed by atoms with Gasteiger partial charge in [-0.05, 0) is 26.7 Å². The lowest BCUT2D eigenvalue weighted by atomic mass is 9.96. The Hall–Kier alpha value is -1.66. The number of esters is 2. The van der Waals surface area contributed by atoms with Crippen LogP contribution in [0.1, 0.15) is 72.6 Å². The number of aliphatic hydroxyl groups excluding tert-OH is 2. The molecule has 0 saturated carbocycles. The summed E-state index contributed by atoms with van der Waals surface area (Å²) in [5.74, 6) is -0.881. The Morgan fingerprint density at radius 1 is 0.714 bits per heavy atom. The van der Waals surface area contributed by atoms with Crippen molar-refractivity contribution in [1.82, 2.24) is 0 Å². The van der Waals surface area contributed by atoms with Crippen molar-refractivity contribution in [3.63, 3.8) is 0 Å². The number of carbonyl (C=O) groups is 2. The van der Waals surface area contributed by atoms with Crippen LogP contribution in [0.5, 0.6) is 0 Å². The standard InChI is InChI=1S/C13H20O4.C9H20O2/c1-9(2)11(14)16-7-13(5,6)8-17-12(15)10(3)4;10-8-6-4-2-1-3-5-7-9-11/h1,3,7-8H2,2,4-6H3;10-11H,1-9H2. The molecule has 28 heavy (non-hydrogen) atoms. The predicted molar refractivity (Wildman–Crippen MR) is 112 cm³/mol. The molecule has 6 nitrogen and oxygen atoms in total. The molecular formula is C22H40O6. The molecule has 0 aromatic rings. The highest BCUT2D eigenvalue weighted by atomic mass is 16.5. The van der Waals surface area contributed by atoms with Gasteiger partial charge >= 0.3 is 11.9 Å². The Morgan fingerprint density at radius 2 is 1.00 bits per heavy atom. The van der Waals surface area contributed by atoms with Gasteiger partial charge in [-0.1, -0.05) is 59.1 Å². The summed E-state index contributed by atoms with van der Waals surface area (Å²) in [6, 6.07) is 0. The second kappa shape index (κ2) is 17.4. The Labute approximate surface area is 170 Å². The van der Waals surface area contributed by atoms with Crippen molar-refractivity contribution in [3.05, 3.63) is 24.3 Å². The molecule has 0 bridgehead atoms. The summed E-state index contributed by atoms with van der Waals surface area (Å²) >= 11 is 0. The van der Waals surface area contributed by atoms with Gasteiger partial charge in [0.15, 0.2) is 0 Å². The van der Waals surface area contributed by atoms with E-state index in [-0.39, 0.29) is 13.2 Å². The molecule has 0 unspecified atom stereocenters. The molecule has 0 aliphatic rings. The fourth-order valence-corrected chi connectivity index (χ4v) is 1.92. The fourth-order valence-electron chi connectivity index (χ4n) is 1.92. The van der Waals surface area contributed by atoms with Crippen LogP contribution in [-0.2, 0) is 19.1 Å².